The number of aliphatic hydroxyl groups is 1. The average Bonchev–Trinajstić information content (AvgIpc) is 2.26. The van der Waals surface area contributed by atoms with Gasteiger partial charge in [-0.05, 0) is 19.1 Å². The molecular weight excluding hydrogens is 230 g/mol. The maximum Gasteiger partial charge on any atom is 0.269 e. The van der Waals surface area contributed by atoms with Crippen molar-refractivity contribution in [3.63, 3.8) is 0 Å². The van der Waals surface area contributed by atoms with Gasteiger partial charge in [-0.15, -0.1) is 0 Å². The van der Waals surface area contributed by atoms with E-state index in [0.717, 1.165) is 0 Å². The van der Waals surface area contributed by atoms with Crippen LogP contribution in [0, 0.1) is 0 Å². The number of hydrogen-bond acceptors (Lipinski definition) is 4. The van der Waals surface area contributed by atoms with Gasteiger partial charge in [0, 0.05) is 18.8 Å². The van der Waals surface area contributed by atoms with Crippen LogP contribution in [-0.2, 0) is 0 Å². The number of halogens is 1. The van der Waals surface area contributed by atoms with Crippen molar-refractivity contribution in [3.05, 3.63) is 29.0 Å². The molecule has 0 aliphatic rings. The molecule has 0 radical (unpaired) electrons. The molecule has 16 heavy (non-hydrogen) atoms. The lowest BCUT2D eigenvalue weighted by Gasteiger charge is -2.14. The number of carbonyl (C=O) groups excluding carboxylic acids is 1. The molecule has 1 rings (SSSR count). The molecule has 1 amide bonds. The minimum atomic E-state index is -0.668. The van der Waals surface area contributed by atoms with E-state index in [-0.39, 0.29) is 18.1 Å². The Morgan fingerprint density at radius 2 is 2.38 bits per heavy atom. The maximum atomic E-state index is 11.5. The summed E-state index contributed by atoms with van der Waals surface area (Å²) in [4.78, 5) is 15.4. The normalized spacial score (nSPS) is 14.2. The van der Waals surface area contributed by atoms with Gasteiger partial charge in [-0.1, -0.05) is 11.6 Å². The monoisotopic (exact) mass is 243 g/mol. The van der Waals surface area contributed by atoms with Crippen LogP contribution in [0.1, 0.15) is 17.4 Å². The molecule has 4 N–H and O–H groups in total. The van der Waals surface area contributed by atoms with Crippen LogP contribution in [0.4, 0.5) is 0 Å². The summed E-state index contributed by atoms with van der Waals surface area (Å²) in [6.45, 7) is 1.76. The third kappa shape index (κ3) is 3.77. The Labute approximate surface area is 98.6 Å². The van der Waals surface area contributed by atoms with Crippen LogP contribution in [0.5, 0.6) is 0 Å². The maximum absolute atomic E-state index is 11.5. The number of hydrogen-bond donors (Lipinski definition) is 3. The van der Waals surface area contributed by atoms with Gasteiger partial charge in [0.1, 0.15) is 5.69 Å². The molecule has 0 aliphatic carbocycles. The molecule has 88 valence electrons. The summed E-state index contributed by atoms with van der Waals surface area (Å²) in [5.41, 5.74) is 5.83. The van der Waals surface area contributed by atoms with Crippen LogP contribution < -0.4 is 11.1 Å². The Bertz CT molecular complexity index is 354. The predicted molar refractivity (Wildman–Crippen MR) is 61.2 cm³/mol. The first-order valence-corrected chi connectivity index (χ1v) is 5.22. The zero-order valence-corrected chi connectivity index (χ0v) is 9.61. The average molecular weight is 244 g/mol. The second-order valence-electron chi connectivity index (χ2n) is 3.48. The Morgan fingerprint density at radius 3 is 2.88 bits per heavy atom. The van der Waals surface area contributed by atoms with Crippen molar-refractivity contribution in [3.8, 4) is 0 Å². The molecule has 0 saturated carbocycles. The van der Waals surface area contributed by atoms with Crippen LogP contribution in [-0.4, -0.2) is 34.7 Å². The summed E-state index contributed by atoms with van der Waals surface area (Å²) in [5, 5.41) is 12.2. The Morgan fingerprint density at radius 1 is 1.69 bits per heavy atom. The lowest BCUT2D eigenvalue weighted by molar-refractivity contribution is 0.0932. The Kier molecular flexibility index (Phi) is 4.67. The highest BCUT2D eigenvalue weighted by atomic mass is 35.5. The minimum Gasteiger partial charge on any atom is -0.392 e. The number of nitrogens with one attached hydrogen (secondary N) is 1. The van der Waals surface area contributed by atoms with Gasteiger partial charge in [0.25, 0.3) is 5.91 Å². The largest absolute Gasteiger partial charge is 0.392 e. The van der Waals surface area contributed by atoms with Gasteiger partial charge in [-0.25, -0.2) is 4.98 Å². The SMILES string of the molecule is CC(O)C(N)CNC(=O)c1ccc(Cl)cn1. The van der Waals surface area contributed by atoms with Crippen molar-refractivity contribution in [2.24, 2.45) is 5.73 Å². The smallest absolute Gasteiger partial charge is 0.269 e. The van der Waals surface area contributed by atoms with Gasteiger partial charge < -0.3 is 16.2 Å². The molecule has 1 heterocycles. The van der Waals surface area contributed by atoms with Gasteiger partial charge >= 0.3 is 0 Å². The summed E-state index contributed by atoms with van der Waals surface area (Å²) in [5.74, 6) is -0.340. The van der Waals surface area contributed by atoms with Crippen molar-refractivity contribution in [2.75, 3.05) is 6.54 Å². The number of carbonyl (C=O) groups is 1. The fraction of sp³-hybridized carbons (Fsp3) is 0.400. The van der Waals surface area contributed by atoms with E-state index in [0.29, 0.717) is 5.02 Å². The highest BCUT2D eigenvalue weighted by Crippen LogP contribution is 2.05. The van der Waals surface area contributed by atoms with E-state index in [2.05, 4.69) is 10.3 Å². The summed E-state index contributed by atoms with van der Waals surface area (Å²) >= 11 is 5.64. The van der Waals surface area contributed by atoms with Gasteiger partial charge in [-0.2, -0.15) is 0 Å². The lowest BCUT2D eigenvalue weighted by Crippen LogP contribution is -2.43. The van der Waals surface area contributed by atoms with Gasteiger partial charge in [-0.3, -0.25) is 4.79 Å². The molecule has 2 unspecified atom stereocenters. The van der Waals surface area contributed by atoms with Crippen LogP contribution >= 0.6 is 11.6 Å². The molecule has 5 nitrogen and oxygen atoms in total. The quantitative estimate of drug-likeness (QED) is 0.704. The fourth-order valence-corrected chi connectivity index (χ4v) is 1.09. The number of nitrogens with zero attached hydrogens (tertiary/aromatic N) is 1. The minimum absolute atomic E-state index is 0.195. The van der Waals surface area contributed by atoms with E-state index < -0.39 is 12.1 Å². The molecule has 0 aromatic carbocycles. The molecule has 1 aromatic rings. The molecule has 2 atom stereocenters. The second-order valence-corrected chi connectivity index (χ2v) is 3.91. The predicted octanol–water partition coefficient (Wildman–Crippen LogP) is 0.173. The number of aliphatic hydroxyl groups excluding tert-OH is 1. The van der Waals surface area contributed by atoms with Gasteiger partial charge in [0.15, 0.2) is 0 Å². The van der Waals surface area contributed by atoms with Gasteiger partial charge in [0.2, 0.25) is 0 Å². The van der Waals surface area contributed by atoms with Crippen LogP contribution in [0.2, 0.25) is 5.02 Å². The van der Waals surface area contributed by atoms with E-state index in [4.69, 9.17) is 22.4 Å². The zero-order valence-electron chi connectivity index (χ0n) is 8.85. The molecule has 0 saturated heterocycles. The summed E-state index contributed by atoms with van der Waals surface area (Å²) in [7, 11) is 0. The first-order valence-electron chi connectivity index (χ1n) is 4.84. The molecule has 0 fully saturated rings. The van der Waals surface area contributed by atoms with Crippen molar-refractivity contribution in [2.45, 2.75) is 19.1 Å². The standard InChI is InChI=1S/C10H14ClN3O2/c1-6(15)8(12)5-14-10(16)9-3-2-7(11)4-13-9/h2-4,6,8,15H,5,12H2,1H3,(H,14,16). The van der Waals surface area contributed by atoms with E-state index in [1.165, 1.54) is 12.3 Å². The molecule has 0 spiro atoms. The van der Waals surface area contributed by atoms with Crippen LogP contribution in [0.25, 0.3) is 0 Å². The lowest BCUT2D eigenvalue weighted by atomic mass is 10.2. The summed E-state index contributed by atoms with van der Waals surface area (Å²) < 4.78 is 0. The fourth-order valence-electron chi connectivity index (χ4n) is 0.982. The van der Waals surface area contributed by atoms with Crippen LogP contribution in [0.15, 0.2) is 18.3 Å². The van der Waals surface area contributed by atoms with Crippen molar-refractivity contribution < 1.29 is 9.90 Å². The van der Waals surface area contributed by atoms with Gasteiger partial charge in [0.05, 0.1) is 11.1 Å². The molecule has 6 heteroatoms. The van der Waals surface area contributed by atoms with E-state index in [1.807, 2.05) is 0 Å². The van der Waals surface area contributed by atoms with Crippen molar-refractivity contribution in [1.29, 1.82) is 0 Å². The topological polar surface area (TPSA) is 88.2 Å². The number of nitrogens with two attached hydrogens (primary N) is 1. The number of rotatable bonds is 4. The van der Waals surface area contributed by atoms with E-state index >= 15 is 0 Å². The third-order valence-corrected chi connectivity index (χ3v) is 2.30. The highest BCUT2D eigenvalue weighted by molar-refractivity contribution is 6.30. The molecule has 0 aliphatic heterocycles. The molecule has 1 aromatic heterocycles. The van der Waals surface area contributed by atoms with E-state index in [1.54, 1.807) is 13.0 Å². The van der Waals surface area contributed by atoms with Crippen molar-refractivity contribution >= 4 is 17.5 Å². The summed E-state index contributed by atoms with van der Waals surface area (Å²) in [6, 6.07) is 2.61. The first kappa shape index (κ1) is 12.9. The Hall–Kier alpha value is -1.17. The Balaban J connectivity index is 2.50. The zero-order chi connectivity index (χ0) is 12.1. The highest BCUT2D eigenvalue weighted by Gasteiger charge is 2.12. The van der Waals surface area contributed by atoms with Crippen molar-refractivity contribution in [1.82, 2.24) is 10.3 Å². The van der Waals surface area contributed by atoms with Crippen LogP contribution in [0.3, 0.4) is 0 Å². The first-order chi connectivity index (χ1) is 7.50. The van der Waals surface area contributed by atoms with E-state index in [9.17, 15) is 4.79 Å². The number of amides is 1. The number of aromatic nitrogens is 1. The second kappa shape index (κ2) is 5.79. The third-order valence-electron chi connectivity index (χ3n) is 2.08. The number of pyridine rings is 1. The molecular formula is C10H14ClN3O2. The molecule has 0 bridgehead atoms. The summed E-state index contributed by atoms with van der Waals surface area (Å²) in [6.07, 6.45) is 0.726.